The van der Waals surface area contributed by atoms with Crippen LogP contribution in [0, 0.1) is 0 Å². The lowest BCUT2D eigenvalue weighted by Crippen LogP contribution is -2.05. The van der Waals surface area contributed by atoms with Crippen molar-refractivity contribution in [2.75, 3.05) is 13.7 Å². The molecular formula is C17H26O3. The summed E-state index contributed by atoms with van der Waals surface area (Å²) in [7, 11) is 1.69. The summed E-state index contributed by atoms with van der Waals surface area (Å²) in [5, 5.41) is 0. The number of epoxide rings is 1. The van der Waals surface area contributed by atoms with Crippen LogP contribution in [0.3, 0.4) is 0 Å². The smallest absolute Gasteiger partial charge is 0.161 e. The van der Waals surface area contributed by atoms with Gasteiger partial charge in [-0.05, 0) is 49.8 Å². The Hall–Kier alpha value is -1.22. The zero-order chi connectivity index (χ0) is 14.5. The standard InChI is InChI=1S/C17H26O3/c1-5-12(10-17-14(6-2)20-17)13-8-9-15(19-7-3)16(11-13)18-4/h8-9,11-12,14,17H,5-7,10H2,1-4H3. The monoisotopic (exact) mass is 278 g/mol. The van der Waals surface area contributed by atoms with Gasteiger partial charge in [-0.3, -0.25) is 0 Å². The van der Waals surface area contributed by atoms with E-state index in [1.807, 2.05) is 13.0 Å². The molecule has 0 spiro atoms. The molecular weight excluding hydrogens is 252 g/mol. The van der Waals surface area contributed by atoms with E-state index in [2.05, 4.69) is 26.0 Å². The van der Waals surface area contributed by atoms with Crippen molar-refractivity contribution in [3.05, 3.63) is 23.8 Å². The highest BCUT2D eigenvalue weighted by molar-refractivity contribution is 5.44. The number of hydrogen-bond acceptors (Lipinski definition) is 3. The Balaban J connectivity index is 2.09. The molecule has 0 N–H and O–H groups in total. The largest absolute Gasteiger partial charge is 0.493 e. The second-order valence-corrected chi connectivity index (χ2v) is 5.31. The van der Waals surface area contributed by atoms with Gasteiger partial charge >= 0.3 is 0 Å². The van der Waals surface area contributed by atoms with Gasteiger partial charge in [0, 0.05) is 0 Å². The molecule has 0 amide bonds. The van der Waals surface area contributed by atoms with Crippen LogP contribution in [0.15, 0.2) is 18.2 Å². The number of rotatable bonds is 8. The minimum Gasteiger partial charge on any atom is -0.493 e. The van der Waals surface area contributed by atoms with Crippen LogP contribution < -0.4 is 9.47 Å². The van der Waals surface area contributed by atoms with Crippen molar-refractivity contribution in [2.45, 2.75) is 58.2 Å². The molecule has 1 aliphatic rings. The predicted molar refractivity (Wildman–Crippen MR) is 80.8 cm³/mol. The molecule has 1 saturated heterocycles. The van der Waals surface area contributed by atoms with Crippen LogP contribution in [0.1, 0.15) is 51.5 Å². The predicted octanol–water partition coefficient (Wildman–Crippen LogP) is 4.16. The molecule has 1 aromatic rings. The van der Waals surface area contributed by atoms with Crippen LogP contribution in [-0.2, 0) is 4.74 Å². The number of hydrogen-bond donors (Lipinski definition) is 0. The molecule has 1 aromatic carbocycles. The van der Waals surface area contributed by atoms with Gasteiger partial charge in [0.25, 0.3) is 0 Å². The molecule has 3 atom stereocenters. The molecule has 0 aliphatic carbocycles. The van der Waals surface area contributed by atoms with E-state index in [-0.39, 0.29) is 0 Å². The van der Waals surface area contributed by atoms with Gasteiger partial charge in [0.05, 0.1) is 25.9 Å². The maximum atomic E-state index is 5.68. The molecule has 0 bridgehead atoms. The average Bonchev–Trinajstić information content (AvgIpc) is 3.24. The minimum atomic E-state index is 0.447. The van der Waals surface area contributed by atoms with Crippen LogP contribution in [0.5, 0.6) is 11.5 Å². The molecule has 1 aliphatic heterocycles. The summed E-state index contributed by atoms with van der Waals surface area (Å²) in [6, 6.07) is 6.29. The Morgan fingerprint density at radius 2 is 1.95 bits per heavy atom. The zero-order valence-electron chi connectivity index (χ0n) is 13.0. The number of methoxy groups -OCH3 is 1. The number of benzene rings is 1. The van der Waals surface area contributed by atoms with E-state index in [1.54, 1.807) is 7.11 Å². The van der Waals surface area contributed by atoms with Crippen molar-refractivity contribution < 1.29 is 14.2 Å². The normalized spacial score (nSPS) is 22.4. The summed E-state index contributed by atoms with van der Waals surface area (Å²) in [6.07, 6.45) is 4.27. The Morgan fingerprint density at radius 1 is 1.15 bits per heavy atom. The van der Waals surface area contributed by atoms with Gasteiger partial charge < -0.3 is 14.2 Å². The van der Waals surface area contributed by atoms with Crippen molar-refractivity contribution in [1.29, 1.82) is 0 Å². The first-order chi connectivity index (χ1) is 9.73. The van der Waals surface area contributed by atoms with Crippen LogP contribution in [0.25, 0.3) is 0 Å². The van der Waals surface area contributed by atoms with E-state index in [0.717, 1.165) is 30.8 Å². The fourth-order valence-corrected chi connectivity index (χ4v) is 2.78. The van der Waals surface area contributed by atoms with Gasteiger partial charge in [0.2, 0.25) is 0 Å². The summed E-state index contributed by atoms with van der Waals surface area (Å²) in [4.78, 5) is 0. The SMILES string of the molecule is CCOc1ccc(C(CC)CC2OC2CC)cc1OC. The van der Waals surface area contributed by atoms with Crippen LogP contribution in [-0.4, -0.2) is 25.9 Å². The highest BCUT2D eigenvalue weighted by Crippen LogP contribution is 2.38. The van der Waals surface area contributed by atoms with E-state index >= 15 is 0 Å². The van der Waals surface area contributed by atoms with Crippen molar-refractivity contribution in [3.63, 3.8) is 0 Å². The second-order valence-electron chi connectivity index (χ2n) is 5.31. The molecule has 20 heavy (non-hydrogen) atoms. The summed E-state index contributed by atoms with van der Waals surface area (Å²) in [6.45, 7) is 7.06. The molecule has 0 radical (unpaired) electrons. The van der Waals surface area contributed by atoms with Crippen LogP contribution >= 0.6 is 0 Å². The Kier molecular flexibility index (Phi) is 5.30. The second kappa shape index (κ2) is 6.98. The molecule has 112 valence electrons. The quantitative estimate of drug-likeness (QED) is 0.669. The fraction of sp³-hybridized carbons (Fsp3) is 0.647. The zero-order valence-corrected chi connectivity index (χ0v) is 13.0. The molecule has 0 saturated carbocycles. The van der Waals surface area contributed by atoms with E-state index in [9.17, 15) is 0 Å². The van der Waals surface area contributed by atoms with Gasteiger partial charge in [-0.25, -0.2) is 0 Å². The third-order valence-electron chi connectivity index (χ3n) is 4.06. The van der Waals surface area contributed by atoms with E-state index < -0.39 is 0 Å². The van der Waals surface area contributed by atoms with Gasteiger partial charge in [0.15, 0.2) is 11.5 Å². The summed E-state index contributed by atoms with van der Waals surface area (Å²) >= 11 is 0. The van der Waals surface area contributed by atoms with Crippen molar-refractivity contribution in [1.82, 2.24) is 0 Å². The summed E-state index contributed by atoms with van der Waals surface area (Å²) in [5.41, 5.74) is 1.32. The lowest BCUT2D eigenvalue weighted by molar-refractivity contribution is 0.310. The van der Waals surface area contributed by atoms with Crippen LogP contribution in [0.2, 0.25) is 0 Å². The molecule has 3 nitrogen and oxygen atoms in total. The van der Waals surface area contributed by atoms with Gasteiger partial charge in [-0.1, -0.05) is 19.9 Å². The summed E-state index contributed by atoms with van der Waals surface area (Å²) in [5.74, 6) is 2.18. The first-order valence-corrected chi connectivity index (χ1v) is 7.69. The Bertz CT molecular complexity index is 430. The fourth-order valence-electron chi connectivity index (χ4n) is 2.78. The molecule has 1 fully saturated rings. The molecule has 0 aromatic heterocycles. The molecule has 1 heterocycles. The van der Waals surface area contributed by atoms with Crippen LogP contribution in [0.4, 0.5) is 0 Å². The Morgan fingerprint density at radius 3 is 2.50 bits per heavy atom. The Labute approximate surface area is 122 Å². The highest BCUT2D eigenvalue weighted by Gasteiger charge is 2.38. The van der Waals surface area contributed by atoms with Crippen molar-refractivity contribution in [2.24, 2.45) is 0 Å². The van der Waals surface area contributed by atoms with E-state index in [0.29, 0.717) is 24.7 Å². The maximum absolute atomic E-state index is 5.68. The third-order valence-corrected chi connectivity index (χ3v) is 4.06. The number of ether oxygens (including phenoxy) is 3. The molecule has 2 rings (SSSR count). The first-order valence-electron chi connectivity index (χ1n) is 7.69. The van der Waals surface area contributed by atoms with E-state index in [1.165, 1.54) is 5.56 Å². The maximum Gasteiger partial charge on any atom is 0.161 e. The molecule has 3 heteroatoms. The van der Waals surface area contributed by atoms with E-state index in [4.69, 9.17) is 14.2 Å². The van der Waals surface area contributed by atoms with Crippen molar-refractivity contribution >= 4 is 0 Å². The third kappa shape index (κ3) is 3.45. The van der Waals surface area contributed by atoms with Crippen molar-refractivity contribution in [3.8, 4) is 11.5 Å². The van der Waals surface area contributed by atoms with Gasteiger partial charge in [-0.2, -0.15) is 0 Å². The summed E-state index contributed by atoms with van der Waals surface area (Å²) < 4.78 is 16.7. The lowest BCUT2D eigenvalue weighted by Gasteiger charge is -2.17. The highest BCUT2D eigenvalue weighted by atomic mass is 16.6. The van der Waals surface area contributed by atoms with Gasteiger partial charge in [-0.15, -0.1) is 0 Å². The minimum absolute atomic E-state index is 0.447. The average molecular weight is 278 g/mol. The molecule has 3 unspecified atom stereocenters. The topological polar surface area (TPSA) is 31.0 Å². The van der Waals surface area contributed by atoms with Gasteiger partial charge in [0.1, 0.15) is 0 Å². The lowest BCUT2D eigenvalue weighted by atomic mass is 9.90. The first kappa shape index (κ1) is 15.2.